The smallest absolute Gasteiger partial charge is 0.348 e. The molecule has 2 N–H and O–H groups in total. The van der Waals surface area contributed by atoms with Crippen LogP contribution in [0.2, 0.25) is 0 Å². The summed E-state index contributed by atoms with van der Waals surface area (Å²) in [6.45, 7) is 8.73. The third kappa shape index (κ3) is 3.51. The quantitative estimate of drug-likeness (QED) is 0.628. The number of hydrogen-bond donors (Lipinski definition) is 2. The second-order valence-electron chi connectivity index (χ2n) is 6.69. The fourth-order valence-corrected chi connectivity index (χ4v) is 2.71. The predicted octanol–water partition coefficient (Wildman–Crippen LogP) is 2.93. The highest BCUT2D eigenvalue weighted by molar-refractivity contribution is 6.02. The van der Waals surface area contributed by atoms with Crippen molar-refractivity contribution in [1.29, 1.82) is 0 Å². The van der Waals surface area contributed by atoms with E-state index < -0.39 is 28.4 Å². The van der Waals surface area contributed by atoms with Crippen molar-refractivity contribution in [2.45, 2.75) is 32.8 Å². The van der Waals surface area contributed by atoms with E-state index in [1.54, 1.807) is 26.8 Å². The summed E-state index contributed by atoms with van der Waals surface area (Å²) >= 11 is 0. The third-order valence-corrected chi connectivity index (χ3v) is 3.67. The molecule has 7 nitrogen and oxygen atoms in total. The van der Waals surface area contributed by atoms with Gasteiger partial charge in [-0.3, -0.25) is 4.79 Å². The maximum absolute atomic E-state index is 12.4. The maximum atomic E-state index is 12.4. The lowest BCUT2D eigenvalue weighted by Crippen LogP contribution is -2.28. The highest BCUT2D eigenvalue weighted by Gasteiger charge is 2.27. The summed E-state index contributed by atoms with van der Waals surface area (Å²) in [4.78, 5) is 27.4. The number of rotatable bonds is 5. The number of benzene rings is 1. The third-order valence-electron chi connectivity index (χ3n) is 3.67. The van der Waals surface area contributed by atoms with Gasteiger partial charge in [0.1, 0.15) is 11.4 Å². The molecule has 2 aromatic rings. The Morgan fingerprint density at radius 2 is 1.96 bits per heavy atom. The number of aromatic nitrogens is 1. The molecule has 1 aromatic carbocycles. The number of hydrogen-bond acceptors (Lipinski definition) is 6. The van der Waals surface area contributed by atoms with Gasteiger partial charge in [0, 0.05) is 17.0 Å². The maximum Gasteiger partial charge on any atom is 0.348 e. The summed E-state index contributed by atoms with van der Waals surface area (Å²) in [5, 5.41) is 11.0. The number of esters is 1. The SMILES string of the molecule is C=CCc1c(OC)c(OC)cc2[nH]c(=O)c(C(=O)OC(C)(C)C)c(O)c12. The summed E-state index contributed by atoms with van der Waals surface area (Å²) in [5.41, 5.74) is -1.16. The van der Waals surface area contributed by atoms with Crippen molar-refractivity contribution in [3.05, 3.63) is 40.2 Å². The molecule has 0 fully saturated rings. The van der Waals surface area contributed by atoms with E-state index in [1.807, 2.05) is 0 Å². The lowest BCUT2D eigenvalue weighted by atomic mass is 10.00. The molecule has 140 valence electrons. The predicted molar refractivity (Wildman–Crippen MR) is 98.4 cm³/mol. The normalized spacial score (nSPS) is 11.3. The van der Waals surface area contributed by atoms with Crippen molar-refractivity contribution >= 4 is 16.9 Å². The van der Waals surface area contributed by atoms with Gasteiger partial charge in [0.25, 0.3) is 5.56 Å². The average molecular weight is 361 g/mol. The minimum atomic E-state index is -0.905. The molecule has 7 heteroatoms. The number of ether oxygens (including phenoxy) is 3. The molecule has 0 saturated heterocycles. The Morgan fingerprint density at radius 3 is 2.46 bits per heavy atom. The highest BCUT2D eigenvalue weighted by atomic mass is 16.6. The molecule has 0 spiro atoms. The van der Waals surface area contributed by atoms with Crippen LogP contribution in [0, 0.1) is 0 Å². The number of pyridine rings is 1. The van der Waals surface area contributed by atoms with Crippen LogP contribution in [0.4, 0.5) is 0 Å². The molecule has 0 aliphatic heterocycles. The molecule has 1 heterocycles. The topological polar surface area (TPSA) is 97.9 Å². The van der Waals surface area contributed by atoms with E-state index in [0.717, 1.165) is 0 Å². The number of aromatic amines is 1. The van der Waals surface area contributed by atoms with Crippen LogP contribution in [0.1, 0.15) is 36.7 Å². The number of H-pyrrole nitrogens is 1. The molecule has 0 unspecified atom stereocenters. The first-order valence-corrected chi connectivity index (χ1v) is 8.01. The molecular formula is C19H23NO6. The monoisotopic (exact) mass is 361 g/mol. The van der Waals surface area contributed by atoms with Gasteiger partial charge in [0.15, 0.2) is 17.1 Å². The van der Waals surface area contributed by atoms with Crippen molar-refractivity contribution in [1.82, 2.24) is 4.98 Å². The van der Waals surface area contributed by atoms with Crippen molar-refractivity contribution in [2.75, 3.05) is 14.2 Å². The van der Waals surface area contributed by atoms with Crippen molar-refractivity contribution in [2.24, 2.45) is 0 Å². The van der Waals surface area contributed by atoms with E-state index in [2.05, 4.69) is 11.6 Å². The first-order valence-electron chi connectivity index (χ1n) is 8.01. The second kappa shape index (κ2) is 7.11. The Hall–Kier alpha value is -2.96. The number of carbonyl (C=O) groups excluding carboxylic acids is 1. The zero-order valence-electron chi connectivity index (χ0n) is 15.6. The number of carbonyl (C=O) groups is 1. The van der Waals surface area contributed by atoms with Crippen LogP contribution < -0.4 is 15.0 Å². The van der Waals surface area contributed by atoms with Crippen LogP contribution in [0.25, 0.3) is 10.9 Å². The first kappa shape index (κ1) is 19.4. The summed E-state index contributed by atoms with van der Waals surface area (Å²) in [7, 11) is 2.93. The summed E-state index contributed by atoms with van der Waals surface area (Å²) in [6.07, 6.45) is 1.94. The molecule has 0 amide bonds. The number of allylic oxidation sites excluding steroid dienone is 1. The fourth-order valence-electron chi connectivity index (χ4n) is 2.71. The molecule has 0 radical (unpaired) electrons. The largest absolute Gasteiger partial charge is 0.506 e. The Balaban J connectivity index is 2.88. The average Bonchev–Trinajstić information content (AvgIpc) is 2.52. The van der Waals surface area contributed by atoms with Gasteiger partial charge in [-0.15, -0.1) is 6.58 Å². The van der Waals surface area contributed by atoms with Gasteiger partial charge in [0.05, 0.1) is 19.7 Å². The van der Waals surface area contributed by atoms with Gasteiger partial charge >= 0.3 is 5.97 Å². The first-order chi connectivity index (χ1) is 12.1. The van der Waals surface area contributed by atoms with Crippen LogP contribution >= 0.6 is 0 Å². The van der Waals surface area contributed by atoms with Crippen LogP contribution in [-0.2, 0) is 11.2 Å². The second-order valence-corrected chi connectivity index (χ2v) is 6.69. The van der Waals surface area contributed by atoms with Crippen LogP contribution in [0.15, 0.2) is 23.5 Å². The Morgan fingerprint density at radius 1 is 1.31 bits per heavy atom. The van der Waals surface area contributed by atoms with Crippen LogP contribution in [0.5, 0.6) is 17.2 Å². The molecule has 2 rings (SSSR count). The van der Waals surface area contributed by atoms with Crippen LogP contribution in [0.3, 0.4) is 0 Å². The van der Waals surface area contributed by atoms with E-state index in [9.17, 15) is 14.7 Å². The van der Waals surface area contributed by atoms with E-state index in [0.29, 0.717) is 29.0 Å². The van der Waals surface area contributed by atoms with E-state index >= 15 is 0 Å². The Labute approximate surface area is 151 Å². The summed E-state index contributed by atoms with van der Waals surface area (Å²) < 4.78 is 15.9. The number of fused-ring (bicyclic) bond motifs is 1. The van der Waals surface area contributed by atoms with Crippen molar-refractivity contribution in [3.8, 4) is 17.2 Å². The summed E-state index contributed by atoms with van der Waals surface area (Å²) in [5.74, 6) is -0.595. The van der Waals surface area contributed by atoms with E-state index in [-0.39, 0.29) is 5.39 Å². The summed E-state index contributed by atoms with van der Waals surface area (Å²) in [6, 6.07) is 1.53. The van der Waals surface area contributed by atoms with Gasteiger partial charge in [0.2, 0.25) is 0 Å². The standard InChI is InChI=1S/C19H23NO6/c1-7-8-10-13-11(9-12(24-5)16(10)25-6)20-17(22)14(15(13)21)18(23)26-19(2,3)4/h7,9H,1,8H2,2-6H3,(H2,20,21,22). The van der Waals surface area contributed by atoms with Crippen LogP contribution in [-0.4, -0.2) is 35.9 Å². The minimum Gasteiger partial charge on any atom is -0.506 e. The lowest BCUT2D eigenvalue weighted by molar-refractivity contribution is 0.00651. The molecule has 0 aliphatic rings. The Bertz CT molecular complexity index is 920. The van der Waals surface area contributed by atoms with Crippen molar-refractivity contribution < 1.29 is 24.1 Å². The molecule has 0 aliphatic carbocycles. The van der Waals surface area contributed by atoms with Gasteiger partial charge in [-0.1, -0.05) is 6.08 Å². The number of nitrogens with one attached hydrogen (secondary N) is 1. The molecule has 0 atom stereocenters. The molecule has 1 aromatic heterocycles. The van der Waals surface area contributed by atoms with E-state index in [1.165, 1.54) is 20.3 Å². The van der Waals surface area contributed by atoms with E-state index in [4.69, 9.17) is 14.2 Å². The van der Waals surface area contributed by atoms with Gasteiger partial charge in [-0.2, -0.15) is 0 Å². The number of aromatic hydroxyl groups is 1. The molecule has 0 bridgehead atoms. The zero-order valence-corrected chi connectivity index (χ0v) is 15.6. The van der Waals surface area contributed by atoms with Crippen molar-refractivity contribution in [3.63, 3.8) is 0 Å². The fraction of sp³-hybridized carbons (Fsp3) is 0.368. The zero-order chi connectivity index (χ0) is 19.6. The van der Waals surface area contributed by atoms with Gasteiger partial charge in [-0.25, -0.2) is 4.79 Å². The molecule has 26 heavy (non-hydrogen) atoms. The molecular weight excluding hydrogens is 338 g/mol. The van der Waals surface area contributed by atoms with Gasteiger partial charge in [-0.05, 0) is 27.2 Å². The lowest BCUT2D eigenvalue weighted by Gasteiger charge is -2.20. The highest BCUT2D eigenvalue weighted by Crippen LogP contribution is 2.41. The van der Waals surface area contributed by atoms with Gasteiger partial charge < -0.3 is 24.3 Å². The minimum absolute atomic E-state index is 0.281. The number of methoxy groups -OCH3 is 2. The molecule has 0 saturated carbocycles. The Kier molecular flexibility index (Phi) is 5.30.